The Labute approximate surface area is 141 Å². The van der Waals surface area contributed by atoms with Gasteiger partial charge in [0.15, 0.2) is 0 Å². The third-order valence-corrected chi connectivity index (χ3v) is 3.85. The molecule has 1 aliphatic rings. The van der Waals surface area contributed by atoms with Gasteiger partial charge in [0.2, 0.25) is 5.91 Å². The SMILES string of the molecule is C=C/C=C\C=C(/C=C)C1=NCC(=O)Nc2c1ccc1ccccc21. The van der Waals surface area contributed by atoms with Crippen molar-refractivity contribution in [2.24, 2.45) is 4.99 Å². The van der Waals surface area contributed by atoms with E-state index in [1.54, 1.807) is 12.2 Å². The van der Waals surface area contributed by atoms with Gasteiger partial charge in [-0.3, -0.25) is 9.79 Å². The molecule has 0 aromatic heterocycles. The monoisotopic (exact) mass is 314 g/mol. The van der Waals surface area contributed by atoms with E-state index in [0.717, 1.165) is 33.3 Å². The minimum atomic E-state index is -0.118. The van der Waals surface area contributed by atoms with Gasteiger partial charge in [0, 0.05) is 10.9 Å². The summed E-state index contributed by atoms with van der Waals surface area (Å²) in [6.07, 6.45) is 9.10. The molecule has 0 atom stereocenters. The second-order valence-corrected chi connectivity index (χ2v) is 5.37. The Balaban J connectivity index is 2.22. The molecule has 3 heteroatoms. The molecule has 0 saturated carbocycles. The largest absolute Gasteiger partial charge is 0.323 e. The molecule has 1 aliphatic heterocycles. The lowest BCUT2D eigenvalue weighted by Gasteiger charge is -2.13. The van der Waals surface area contributed by atoms with Crippen LogP contribution in [0.4, 0.5) is 5.69 Å². The molecule has 1 heterocycles. The Morgan fingerprint density at radius 1 is 1.12 bits per heavy atom. The van der Waals surface area contributed by atoms with Crippen LogP contribution in [0.15, 0.2) is 90.5 Å². The molecule has 2 aromatic rings. The zero-order valence-corrected chi connectivity index (χ0v) is 13.3. The average Bonchev–Trinajstić information content (AvgIpc) is 2.78. The van der Waals surface area contributed by atoms with E-state index in [0.29, 0.717) is 0 Å². The van der Waals surface area contributed by atoms with E-state index in [9.17, 15) is 4.79 Å². The Hall–Kier alpha value is -3.20. The lowest BCUT2D eigenvalue weighted by atomic mass is 9.96. The van der Waals surface area contributed by atoms with Gasteiger partial charge in [0.05, 0.1) is 11.4 Å². The van der Waals surface area contributed by atoms with E-state index < -0.39 is 0 Å². The molecule has 0 aliphatic carbocycles. The van der Waals surface area contributed by atoms with E-state index in [-0.39, 0.29) is 12.5 Å². The van der Waals surface area contributed by atoms with Crippen molar-refractivity contribution in [1.82, 2.24) is 0 Å². The first kappa shape index (κ1) is 15.7. The van der Waals surface area contributed by atoms with Crippen LogP contribution in [0.3, 0.4) is 0 Å². The zero-order valence-electron chi connectivity index (χ0n) is 13.3. The van der Waals surface area contributed by atoms with Gasteiger partial charge in [0.1, 0.15) is 6.54 Å². The maximum absolute atomic E-state index is 12.1. The number of aliphatic imine (C=N–C) groups is 1. The first-order valence-corrected chi connectivity index (χ1v) is 7.73. The number of allylic oxidation sites excluding steroid dienone is 6. The van der Waals surface area contributed by atoms with Gasteiger partial charge in [-0.2, -0.15) is 0 Å². The molecule has 3 rings (SSSR count). The number of nitrogens with zero attached hydrogens (tertiary/aromatic N) is 1. The second-order valence-electron chi connectivity index (χ2n) is 5.37. The van der Waals surface area contributed by atoms with Crippen molar-refractivity contribution in [3.8, 4) is 0 Å². The van der Waals surface area contributed by atoms with Crippen LogP contribution in [0, 0.1) is 0 Å². The summed E-state index contributed by atoms with van der Waals surface area (Å²) in [6.45, 7) is 7.64. The molecule has 118 valence electrons. The Morgan fingerprint density at radius 3 is 2.75 bits per heavy atom. The van der Waals surface area contributed by atoms with Gasteiger partial charge in [-0.15, -0.1) is 0 Å². The topological polar surface area (TPSA) is 41.5 Å². The number of hydrogen-bond donors (Lipinski definition) is 1. The van der Waals surface area contributed by atoms with Gasteiger partial charge in [-0.25, -0.2) is 0 Å². The first-order valence-electron chi connectivity index (χ1n) is 7.73. The Bertz CT molecular complexity index is 917. The lowest BCUT2D eigenvalue weighted by molar-refractivity contribution is -0.114. The molecule has 0 saturated heterocycles. The van der Waals surface area contributed by atoms with E-state index in [4.69, 9.17) is 0 Å². The van der Waals surface area contributed by atoms with Crippen LogP contribution < -0.4 is 5.32 Å². The Morgan fingerprint density at radius 2 is 1.96 bits per heavy atom. The number of amides is 1. The van der Waals surface area contributed by atoms with Crippen LogP contribution in [-0.2, 0) is 4.79 Å². The second kappa shape index (κ2) is 6.92. The molecule has 0 bridgehead atoms. The van der Waals surface area contributed by atoms with Gasteiger partial charge in [-0.1, -0.05) is 79.9 Å². The maximum atomic E-state index is 12.1. The predicted octanol–water partition coefficient (Wildman–Crippen LogP) is 4.44. The van der Waals surface area contributed by atoms with Crippen LogP contribution >= 0.6 is 0 Å². The summed E-state index contributed by atoms with van der Waals surface area (Å²) in [5.74, 6) is -0.118. The summed E-state index contributed by atoms with van der Waals surface area (Å²) in [5, 5.41) is 5.07. The number of carbonyl (C=O) groups excluding carboxylic acids is 1. The number of rotatable bonds is 4. The molecule has 1 N–H and O–H groups in total. The fourth-order valence-electron chi connectivity index (χ4n) is 2.75. The van der Waals surface area contributed by atoms with E-state index >= 15 is 0 Å². The van der Waals surface area contributed by atoms with Gasteiger partial charge in [-0.05, 0) is 11.0 Å². The summed E-state index contributed by atoms with van der Waals surface area (Å²) in [7, 11) is 0. The summed E-state index contributed by atoms with van der Waals surface area (Å²) >= 11 is 0. The minimum absolute atomic E-state index is 0.0920. The molecule has 24 heavy (non-hydrogen) atoms. The highest BCUT2D eigenvalue weighted by molar-refractivity contribution is 6.23. The van der Waals surface area contributed by atoms with Crippen LogP contribution in [-0.4, -0.2) is 18.2 Å². The number of benzene rings is 2. The number of anilines is 1. The third-order valence-electron chi connectivity index (χ3n) is 3.85. The van der Waals surface area contributed by atoms with Gasteiger partial charge in [0.25, 0.3) is 0 Å². The average molecular weight is 314 g/mol. The first-order chi connectivity index (χ1) is 11.7. The molecule has 0 radical (unpaired) electrons. The molecule has 3 nitrogen and oxygen atoms in total. The van der Waals surface area contributed by atoms with Crippen molar-refractivity contribution < 1.29 is 4.79 Å². The minimum Gasteiger partial charge on any atom is -0.323 e. The van der Waals surface area contributed by atoms with Gasteiger partial charge >= 0.3 is 0 Å². The van der Waals surface area contributed by atoms with Gasteiger partial charge < -0.3 is 5.32 Å². The molecule has 1 amide bonds. The lowest BCUT2D eigenvalue weighted by Crippen LogP contribution is -2.13. The van der Waals surface area contributed by atoms with Crippen molar-refractivity contribution in [2.45, 2.75) is 0 Å². The summed E-state index contributed by atoms with van der Waals surface area (Å²) in [4.78, 5) is 16.6. The quantitative estimate of drug-likeness (QED) is 0.833. The fraction of sp³-hybridized carbons (Fsp3) is 0.0476. The smallest absolute Gasteiger partial charge is 0.246 e. The van der Waals surface area contributed by atoms with Crippen molar-refractivity contribution >= 4 is 28.1 Å². The van der Waals surface area contributed by atoms with E-state index in [2.05, 4.69) is 23.5 Å². The number of fused-ring (bicyclic) bond motifs is 3. The molecule has 0 spiro atoms. The normalized spacial score (nSPS) is 14.8. The summed E-state index contributed by atoms with van der Waals surface area (Å²) in [6, 6.07) is 12.0. The Kier molecular flexibility index (Phi) is 4.52. The van der Waals surface area contributed by atoms with E-state index in [1.807, 2.05) is 54.6 Å². The summed E-state index contributed by atoms with van der Waals surface area (Å²) in [5.41, 5.74) is 3.33. The highest BCUT2D eigenvalue weighted by Crippen LogP contribution is 2.31. The molecular formula is C21H18N2O. The highest BCUT2D eigenvalue weighted by atomic mass is 16.1. The van der Waals surface area contributed by atoms with Crippen molar-refractivity contribution in [2.75, 3.05) is 11.9 Å². The number of hydrogen-bond acceptors (Lipinski definition) is 2. The number of carbonyl (C=O) groups is 1. The zero-order chi connectivity index (χ0) is 16.9. The maximum Gasteiger partial charge on any atom is 0.246 e. The van der Waals surface area contributed by atoms with Crippen molar-refractivity contribution in [3.05, 3.63) is 91.1 Å². The van der Waals surface area contributed by atoms with E-state index in [1.165, 1.54) is 0 Å². The van der Waals surface area contributed by atoms with Crippen LogP contribution in [0.2, 0.25) is 0 Å². The van der Waals surface area contributed by atoms with Crippen LogP contribution in [0.25, 0.3) is 10.8 Å². The molecular weight excluding hydrogens is 296 g/mol. The molecule has 2 aromatic carbocycles. The van der Waals surface area contributed by atoms with Crippen LogP contribution in [0.5, 0.6) is 0 Å². The standard InChI is InChI=1S/C21H18N2O/c1-3-5-6-9-15(4-2)20-18-13-12-16-10-7-8-11-17(16)21(18)23-19(24)14-22-20/h3-13H,1-2,14H2,(H,23,24)/b6-5-,15-9+. The third kappa shape index (κ3) is 2.97. The molecule has 0 fully saturated rings. The van der Waals surface area contributed by atoms with Crippen molar-refractivity contribution in [1.29, 1.82) is 0 Å². The highest BCUT2D eigenvalue weighted by Gasteiger charge is 2.19. The summed E-state index contributed by atoms with van der Waals surface area (Å²) < 4.78 is 0. The number of nitrogens with one attached hydrogen (secondary N) is 1. The predicted molar refractivity (Wildman–Crippen MR) is 102 cm³/mol. The van der Waals surface area contributed by atoms with Crippen LogP contribution in [0.1, 0.15) is 5.56 Å². The van der Waals surface area contributed by atoms with Crippen molar-refractivity contribution in [3.63, 3.8) is 0 Å². The molecule has 0 unspecified atom stereocenters. The fourth-order valence-corrected chi connectivity index (χ4v) is 2.75.